The van der Waals surface area contributed by atoms with Gasteiger partial charge in [0.05, 0.1) is 5.60 Å². The lowest BCUT2D eigenvalue weighted by atomic mass is 9.71. The van der Waals surface area contributed by atoms with Crippen LogP contribution >= 0.6 is 0 Å². The number of fused-ring (bicyclic) bond motifs is 3. The maximum Gasteiger partial charge on any atom is 0.131 e. The van der Waals surface area contributed by atoms with Crippen LogP contribution in [0.2, 0.25) is 0 Å². The van der Waals surface area contributed by atoms with Crippen LogP contribution in [0.1, 0.15) is 43.2 Å². The van der Waals surface area contributed by atoms with Gasteiger partial charge in [0.1, 0.15) is 5.82 Å². The Morgan fingerprint density at radius 2 is 1.50 bits per heavy atom. The highest BCUT2D eigenvalue weighted by Gasteiger charge is 2.46. The first kappa shape index (κ1) is 17.8. The minimum atomic E-state index is -0.893. The van der Waals surface area contributed by atoms with Crippen molar-refractivity contribution in [3.63, 3.8) is 0 Å². The first-order valence-corrected chi connectivity index (χ1v) is 10.3. The molecule has 2 nitrogen and oxygen atoms in total. The summed E-state index contributed by atoms with van der Waals surface area (Å²) in [5.74, 6) is -0.218. The average molecular weight is 375 g/mol. The van der Waals surface area contributed by atoms with E-state index in [2.05, 4.69) is 35.2 Å². The molecule has 3 aromatic rings. The van der Waals surface area contributed by atoms with Gasteiger partial charge in [0, 0.05) is 24.0 Å². The van der Waals surface area contributed by atoms with Crippen molar-refractivity contribution >= 4 is 10.8 Å². The Bertz CT molecular complexity index is 972. The highest BCUT2D eigenvalue weighted by Crippen LogP contribution is 2.46. The van der Waals surface area contributed by atoms with E-state index in [1.54, 1.807) is 6.07 Å². The summed E-state index contributed by atoms with van der Waals surface area (Å²) in [6.07, 6.45) is 4.88. The molecule has 0 aromatic heterocycles. The van der Waals surface area contributed by atoms with Gasteiger partial charge in [-0.2, -0.15) is 0 Å². The zero-order chi connectivity index (χ0) is 19.1. The van der Waals surface area contributed by atoms with Crippen LogP contribution in [0.15, 0.2) is 66.7 Å². The Morgan fingerprint density at radius 3 is 2.21 bits per heavy atom. The second-order valence-electron chi connectivity index (χ2n) is 8.48. The molecular weight excluding hydrogens is 349 g/mol. The van der Waals surface area contributed by atoms with Gasteiger partial charge in [-0.05, 0) is 48.3 Å². The highest BCUT2D eigenvalue weighted by molar-refractivity contribution is 5.87. The van der Waals surface area contributed by atoms with Crippen molar-refractivity contribution < 1.29 is 9.50 Å². The minimum absolute atomic E-state index is 0.218. The molecule has 2 unspecified atom stereocenters. The fraction of sp³-hybridized carbons (Fsp3) is 0.360. The number of halogens is 1. The first-order valence-electron chi connectivity index (χ1n) is 10.3. The molecule has 28 heavy (non-hydrogen) atoms. The second kappa shape index (κ2) is 6.98. The summed E-state index contributed by atoms with van der Waals surface area (Å²) in [6.45, 7) is 0.941. The molecule has 2 atom stereocenters. The molecule has 2 heterocycles. The summed E-state index contributed by atoms with van der Waals surface area (Å²) in [6, 6.07) is 22.2. The number of hydrogen-bond acceptors (Lipinski definition) is 2. The Hall–Kier alpha value is -2.23. The number of nitrogens with zero attached hydrogens (tertiary/aromatic N) is 1. The van der Waals surface area contributed by atoms with E-state index in [4.69, 9.17) is 0 Å². The number of rotatable bonds is 3. The SMILES string of the molecule is OC1(c2ccc(F)c3ccccc23)CC2CCCC(C1)N2Cc1ccccc1. The Labute approximate surface area is 165 Å². The summed E-state index contributed by atoms with van der Waals surface area (Å²) in [5, 5.41) is 13.2. The number of aliphatic hydroxyl groups is 1. The predicted octanol–water partition coefficient (Wildman–Crippen LogP) is 5.38. The van der Waals surface area contributed by atoms with E-state index < -0.39 is 5.60 Å². The maximum atomic E-state index is 14.3. The van der Waals surface area contributed by atoms with Gasteiger partial charge in [-0.3, -0.25) is 4.90 Å². The van der Waals surface area contributed by atoms with Crippen LogP contribution in [0.3, 0.4) is 0 Å². The lowest BCUT2D eigenvalue weighted by Crippen LogP contribution is -2.56. The van der Waals surface area contributed by atoms with Gasteiger partial charge in [-0.1, -0.05) is 67.1 Å². The van der Waals surface area contributed by atoms with E-state index in [-0.39, 0.29) is 5.82 Å². The van der Waals surface area contributed by atoms with E-state index in [0.717, 1.165) is 30.3 Å². The number of hydrogen-bond donors (Lipinski definition) is 1. The van der Waals surface area contributed by atoms with E-state index in [1.165, 1.54) is 18.1 Å². The molecule has 0 amide bonds. The summed E-state index contributed by atoms with van der Waals surface area (Å²) >= 11 is 0. The molecule has 1 N–H and O–H groups in total. The number of piperidine rings is 2. The van der Waals surface area contributed by atoms with Gasteiger partial charge in [-0.25, -0.2) is 4.39 Å². The van der Waals surface area contributed by atoms with Crippen molar-refractivity contribution in [2.24, 2.45) is 0 Å². The molecule has 2 fully saturated rings. The van der Waals surface area contributed by atoms with Crippen LogP contribution < -0.4 is 0 Å². The molecule has 3 heteroatoms. The molecule has 0 saturated carbocycles. The van der Waals surface area contributed by atoms with Crippen LogP contribution in [-0.4, -0.2) is 22.1 Å². The molecule has 3 aromatic carbocycles. The van der Waals surface area contributed by atoms with Crippen molar-refractivity contribution in [3.8, 4) is 0 Å². The average Bonchev–Trinajstić information content (AvgIpc) is 2.70. The van der Waals surface area contributed by atoms with Gasteiger partial charge in [-0.15, -0.1) is 0 Å². The summed E-state index contributed by atoms with van der Waals surface area (Å²) in [5.41, 5.74) is 1.33. The van der Waals surface area contributed by atoms with Crippen molar-refractivity contribution in [2.45, 2.75) is 56.3 Å². The topological polar surface area (TPSA) is 23.5 Å². The molecule has 0 radical (unpaired) electrons. The van der Waals surface area contributed by atoms with Crippen molar-refractivity contribution in [2.75, 3.05) is 0 Å². The number of benzene rings is 3. The molecular formula is C25H26FNO. The van der Waals surface area contributed by atoms with Crippen LogP contribution in [0.4, 0.5) is 4.39 Å². The second-order valence-corrected chi connectivity index (χ2v) is 8.48. The normalized spacial score (nSPS) is 27.8. The lowest BCUT2D eigenvalue weighted by Gasteiger charge is -2.52. The van der Waals surface area contributed by atoms with Crippen LogP contribution in [0, 0.1) is 5.82 Å². The van der Waals surface area contributed by atoms with Gasteiger partial charge < -0.3 is 5.11 Å². The molecule has 5 rings (SSSR count). The highest BCUT2D eigenvalue weighted by atomic mass is 19.1. The predicted molar refractivity (Wildman–Crippen MR) is 110 cm³/mol. The van der Waals surface area contributed by atoms with Crippen LogP contribution in [0.25, 0.3) is 10.8 Å². The standard InChI is InChI=1S/C25H26FNO/c26-24-14-13-23(21-11-4-5-12-22(21)24)25(28)15-19-9-6-10-20(16-25)27(19)17-18-7-2-1-3-8-18/h1-5,7-8,11-14,19-20,28H,6,9-10,15-17H2. The third-order valence-electron chi connectivity index (χ3n) is 6.74. The Balaban J connectivity index is 1.50. The molecule has 144 valence electrons. The first-order chi connectivity index (χ1) is 13.6. The van der Waals surface area contributed by atoms with Gasteiger partial charge in [0.15, 0.2) is 0 Å². The fourth-order valence-corrected chi connectivity index (χ4v) is 5.46. The van der Waals surface area contributed by atoms with E-state index in [0.29, 0.717) is 30.3 Å². The molecule has 2 aliphatic heterocycles. The van der Waals surface area contributed by atoms with Gasteiger partial charge in [0.25, 0.3) is 0 Å². The van der Waals surface area contributed by atoms with Crippen molar-refractivity contribution in [1.82, 2.24) is 4.90 Å². The van der Waals surface area contributed by atoms with E-state index >= 15 is 0 Å². The fourth-order valence-electron chi connectivity index (χ4n) is 5.46. The molecule has 2 aliphatic rings. The summed E-state index contributed by atoms with van der Waals surface area (Å²) < 4.78 is 14.3. The largest absolute Gasteiger partial charge is 0.385 e. The van der Waals surface area contributed by atoms with Crippen molar-refractivity contribution in [3.05, 3.63) is 83.7 Å². The van der Waals surface area contributed by atoms with Crippen LogP contribution in [-0.2, 0) is 12.1 Å². The zero-order valence-electron chi connectivity index (χ0n) is 16.0. The summed E-state index contributed by atoms with van der Waals surface area (Å²) in [4.78, 5) is 2.60. The molecule has 2 saturated heterocycles. The van der Waals surface area contributed by atoms with Gasteiger partial charge in [0.2, 0.25) is 0 Å². The molecule has 2 bridgehead atoms. The minimum Gasteiger partial charge on any atom is -0.385 e. The lowest BCUT2D eigenvalue weighted by molar-refractivity contribution is -0.0991. The van der Waals surface area contributed by atoms with E-state index in [1.807, 2.05) is 24.3 Å². The molecule has 0 spiro atoms. The third kappa shape index (κ3) is 3.03. The van der Waals surface area contributed by atoms with E-state index in [9.17, 15) is 9.50 Å². The van der Waals surface area contributed by atoms with Crippen LogP contribution in [0.5, 0.6) is 0 Å². The smallest absolute Gasteiger partial charge is 0.131 e. The quantitative estimate of drug-likeness (QED) is 0.664. The maximum absolute atomic E-state index is 14.3. The monoisotopic (exact) mass is 375 g/mol. The van der Waals surface area contributed by atoms with Gasteiger partial charge >= 0.3 is 0 Å². The Kier molecular flexibility index (Phi) is 4.45. The third-order valence-corrected chi connectivity index (χ3v) is 6.74. The Morgan fingerprint density at radius 1 is 0.857 bits per heavy atom. The van der Waals surface area contributed by atoms with Crippen molar-refractivity contribution in [1.29, 1.82) is 0 Å². The summed E-state index contributed by atoms with van der Waals surface area (Å²) in [7, 11) is 0. The zero-order valence-corrected chi connectivity index (χ0v) is 16.0. The molecule has 0 aliphatic carbocycles.